The Labute approximate surface area is 136 Å². The number of hydrogen-bond donors (Lipinski definition) is 0. The van der Waals surface area contributed by atoms with Gasteiger partial charge in [0.1, 0.15) is 11.5 Å². The Kier molecular flexibility index (Phi) is 4.66. The molecule has 0 saturated carbocycles. The molecule has 24 heavy (non-hydrogen) atoms. The van der Waals surface area contributed by atoms with Gasteiger partial charge in [-0.1, -0.05) is 6.07 Å². The van der Waals surface area contributed by atoms with Crippen molar-refractivity contribution in [2.24, 2.45) is 0 Å². The Morgan fingerprint density at radius 1 is 1.04 bits per heavy atom. The number of nitrogens with zero attached hydrogens (tertiary/aromatic N) is 4. The maximum Gasteiger partial charge on any atom is 0.433 e. The lowest BCUT2D eigenvalue weighted by Crippen LogP contribution is -2.46. The summed E-state index contributed by atoms with van der Waals surface area (Å²) in [5.74, 6) is 0.0596. The zero-order chi connectivity index (χ0) is 17.2. The Balaban J connectivity index is 1.60. The van der Waals surface area contributed by atoms with Crippen LogP contribution in [-0.2, 0) is 12.7 Å². The summed E-state index contributed by atoms with van der Waals surface area (Å²) in [6, 6.07) is 7.33. The topological polar surface area (TPSA) is 32.3 Å². The highest BCUT2D eigenvalue weighted by atomic mass is 19.4. The first-order chi connectivity index (χ1) is 11.4. The zero-order valence-corrected chi connectivity index (χ0v) is 12.8. The summed E-state index contributed by atoms with van der Waals surface area (Å²) < 4.78 is 51.3. The van der Waals surface area contributed by atoms with E-state index in [1.807, 2.05) is 4.90 Å². The van der Waals surface area contributed by atoms with Crippen molar-refractivity contribution in [3.63, 3.8) is 0 Å². The number of rotatable bonds is 3. The first-order valence-electron chi connectivity index (χ1n) is 7.54. The molecular weight excluding hydrogens is 324 g/mol. The summed E-state index contributed by atoms with van der Waals surface area (Å²) in [4.78, 5) is 11.2. The molecule has 0 radical (unpaired) electrons. The van der Waals surface area contributed by atoms with E-state index in [0.29, 0.717) is 44.1 Å². The standard InChI is InChI=1S/C16H16F4N4/c17-14-2-1-3-15(22-14)24-8-6-23(7-9-24)11-12-4-5-21-13(10-12)16(18,19)20/h1-5,10H,6-9,11H2. The van der Waals surface area contributed by atoms with Crippen molar-refractivity contribution in [3.8, 4) is 0 Å². The maximum absolute atomic E-state index is 13.2. The molecule has 0 N–H and O–H groups in total. The van der Waals surface area contributed by atoms with Crippen LogP contribution in [0.5, 0.6) is 0 Å². The quantitative estimate of drug-likeness (QED) is 0.635. The Morgan fingerprint density at radius 2 is 1.79 bits per heavy atom. The van der Waals surface area contributed by atoms with E-state index in [-0.39, 0.29) is 0 Å². The van der Waals surface area contributed by atoms with E-state index in [2.05, 4.69) is 14.9 Å². The summed E-state index contributed by atoms with van der Waals surface area (Å²) in [5.41, 5.74) is -0.294. The third-order valence-electron chi connectivity index (χ3n) is 3.92. The minimum absolute atomic E-state index is 0.427. The molecule has 2 aromatic heterocycles. The van der Waals surface area contributed by atoms with Crippen LogP contribution in [0.25, 0.3) is 0 Å². The lowest BCUT2D eigenvalue weighted by molar-refractivity contribution is -0.141. The van der Waals surface area contributed by atoms with Crippen LogP contribution in [0.3, 0.4) is 0 Å². The van der Waals surface area contributed by atoms with Gasteiger partial charge in [-0.2, -0.15) is 17.6 Å². The lowest BCUT2D eigenvalue weighted by atomic mass is 10.2. The lowest BCUT2D eigenvalue weighted by Gasteiger charge is -2.35. The summed E-state index contributed by atoms with van der Waals surface area (Å²) in [6.45, 7) is 3.06. The van der Waals surface area contributed by atoms with Gasteiger partial charge in [-0.3, -0.25) is 9.88 Å². The molecule has 1 fully saturated rings. The van der Waals surface area contributed by atoms with Gasteiger partial charge in [0, 0.05) is 38.9 Å². The van der Waals surface area contributed by atoms with Gasteiger partial charge in [-0.05, 0) is 29.8 Å². The summed E-state index contributed by atoms with van der Waals surface area (Å²) in [7, 11) is 0. The zero-order valence-electron chi connectivity index (χ0n) is 12.8. The van der Waals surface area contributed by atoms with E-state index in [0.717, 1.165) is 6.07 Å². The molecule has 1 aliphatic rings. The van der Waals surface area contributed by atoms with Crippen molar-refractivity contribution < 1.29 is 17.6 Å². The molecule has 1 aliphatic heterocycles. The molecule has 3 rings (SSSR count). The molecule has 0 atom stereocenters. The third-order valence-corrected chi connectivity index (χ3v) is 3.92. The molecule has 8 heteroatoms. The highest BCUT2D eigenvalue weighted by Crippen LogP contribution is 2.28. The minimum Gasteiger partial charge on any atom is -0.354 e. The van der Waals surface area contributed by atoms with Gasteiger partial charge in [0.05, 0.1) is 0 Å². The van der Waals surface area contributed by atoms with Crippen molar-refractivity contribution in [2.75, 3.05) is 31.1 Å². The van der Waals surface area contributed by atoms with Crippen LogP contribution >= 0.6 is 0 Å². The van der Waals surface area contributed by atoms with E-state index < -0.39 is 17.8 Å². The van der Waals surface area contributed by atoms with Crippen molar-refractivity contribution >= 4 is 5.82 Å². The van der Waals surface area contributed by atoms with Crippen molar-refractivity contribution in [2.45, 2.75) is 12.7 Å². The Hall–Kier alpha value is -2.22. The van der Waals surface area contributed by atoms with Gasteiger partial charge in [0.25, 0.3) is 0 Å². The van der Waals surface area contributed by atoms with Crippen LogP contribution < -0.4 is 4.90 Å². The third kappa shape index (κ3) is 4.00. The van der Waals surface area contributed by atoms with Crippen LogP contribution in [0.2, 0.25) is 0 Å². The highest BCUT2D eigenvalue weighted by molar-refractivity contribution is 5.38. The molecule has 0 amide bonds. The maximum atomic E-state index is 13.2. The molecule has 0 aromatic carbocycles. The summed E-state index contributed by atoms with van der Waals surface area (Å²) >= 11 is 0. The Bertz CT molecular complexity index is 696. The first-order valence-corrected chi connectivity index (χ1v) is 7.54. The number of hydrogen-bond acceptors (Lipinski definition) is 4. The predicted octanol–water partition coefficient (Wildman–Crippen LogP) is 2.96. The number of piperazine rings is 1. The van der Waals surface area contributed by atoms with Gasteiger partial charge >= 0.3 is 6.18 Å². The SMILES string of the molecule is Fc1cccc(N2CCN(Cc3ccnc(C(F)(F)F)c3)CC2)n1. The molecular formula is C16H16F4N4. The van der Waals surface area contributed by atoms with Gasteiger partial charge < -0.3 is 4.90 Å². The van der Waals surface area contributed by atoms with E-state index >= 15 is 0 Å². The second-order valence-electron chi connectivity index (χ2n) is 5.63. The van der Waals surface area contributed by atoms with E-state index in [9.17, 15) is 17.6 Å². The number of pyridine rings is 2. The summed E-state index contributed by atoms with van der Waals surface area (Å²) in [6.07, 6.45) is -3.25. The molecule has 0 bridgehead atoms. The van der Waals surface area contributed by atoms with Gasteiger partial charge in [-0.15, -0.1) is 0 Å². The van der Waals surface area contributed by atoms with Gasteiger partial charge in [0.2, 0.25) is 5.95 Å². The average molecular weight is 340 g/mol. The normalized spacial score (nSPS) is 16.4. The highest BCUT2D eigenvalue weighted by Gasteiger charge is 2.32. The molecule has 4 nitrogen and oxygen atoms in total. The minimum atomic E-state index is -4.43. The summed E-state index contributed by atoms with van der Waals surface area (Å²) in [5, 5.41) is 0. The molecule has 2 aromatic rings. The van der Waals surface area contributed by atoms with Crippen LogP contribution in [0.4, 0.5) is 23.4 Å². The smallest absolute Gasteiger partial charge is 0.354 e. The first kappa shape index (κ1) is 16.6. The predicted molar refractivity (Wildman–Crippen MR) is 80.9 cm³/mol. The van der Waals surface area contributed by atoms with E-state index in [1.54, 1.807) is 18.2 Å². The average Bonchev–Trinajstić information content (AvgIpc) is 2.55. The van der Waals surface area contributed by atoms with Gasteiger partial charge in [0.15, 0.2) is 0 Å². The fraction of sp³-hybridized carbons (Fsp3) is 0.375. The second-order valence-corrected chi connectivity index (χ2v) is 5.63. The fourth-order valence-electron chi connectivity index (χ4n) is 2.69. The number of aromatic nitrogens is 2. The number of alkyl halides is 3. The Morgan fingerprint density at radius 3 is 2.46 bits per heavy atom. The number of anilines is 1. The van der Waals surface area contributed by atoms with Crippen molar-refractivity contribution in [1.82, 2.24) is 14.9 Å². The molecule has 1 saturated heterocycles. The van der Waals surface area contributed by atoms with Crippen LogP contribution in [0.15, 0.2) is 36.5 Å². The van der Waals surface area contributed by atoms with Crippen molar-refractivity contribution in [1.29, 1.82) is 0 Å². The van der Waals surface area contributed by atoms with Crippen LogP contribution in [0.1, 0.15) is 11.3 Å². The van der Waals surface area contributed by atoms with E-state index in [4.69, 9.17) is 0 Å². The number of halogens is 4. The van der Waals surface area contributed by atoms with Crippen molar-refractivity contribution in [3.05, 3.63) is 53.7 Å². The fourth-order valence-corrected chi connectivity index (χ4v) is 2.69. The second kappa shape index (κ2) is 6.72. The molecule has 128 valence electrons. The largest absolute Gasteiger partial charge is 0.433 e. The molecule has 0 spiro atoms. The van der Waals surface area contributed by atoms with Crippen LogP contribution in [0, 0.1) is 5.95 Å². The van der Waals surface area contributed by atoms with Gasteiger partial charge in [-0.25, -0.2) is 4.98 Å². The van der Waals surface area contributed by atoms with Crippen LogP contribution in [-0.4, -0.2) is 41.0 Å². The molecule has 3 heterocycles. The monoisotopic (exact) mass is 340 g/mol. The van der Waals surface area contributed by atoms with E-state index in [1.165, 1.54) is 12.3 Å². The molecule has 0 aliphatic carbocycles. The molecule has 0 unspecified atom stereocenters.